The Morgan fingerprint density at radius 1 is 1.22 bits per heavy atom. The van der Waals surface area contributed by atoms with E-state index in [9.17, 15) is 0 Å². The topological polar surface area (TPSA) is 4.93 Å². The quantitative estimate of drug-likeness (QED) is 0.526. The summed E-state index contributed by atoms with van der Waals surface area (Å²) >= 11 is 7.80. The lowest BCUT2D eigenvalue weighted by molar-refractivity contribution is 0.764. The molecule has 0 saturated heterocycles. The van der Waals surface area contributed by atoms with Crippen LogP contribution in [0.4, 0.5) is 0 Å². The number of hydrogen-bond donors (Lipinski definition) is 0. The molecule has 1 aromatic heterocycles. The molecule has 0 saturated carbocycles. The Morgan fingerprint density at radius 3 is 2.57 bits per heavy atom. The number of allylic oxidation sites excluding steroid dienone is 2. The third-order valence-electron chi connectivity index (χ3n) is 3.61. The third-order valence-corrected chi connectivity index (χ3v) is 5.04. The molecule has 0 atom stereocenters. The van der Waals surface area contributed by atoms with Crippen molar-refractivity contribution in [2.24, 2.45) is 0 Å². The molecule has 0 aliphatic heterocycles. The summed E-state index contributed by atoms with van der Waals surface area (Å²) in [6.45, 7) is 7.47. The van der Waals surface area contributed by atoms with Crippen LogP contribution in [0.1, 0.15) is 37.9 Å². The van der Waals surface area contributed by atoms with Gasteiger partial charge in [0.25, 0.3) is 0 Å². The Balaban J connectivity index is 2.10. The fourth-order valence-corrected chi connectivity index (χ4v) is 3.29. The lowest BCUT2D eigenvalue weighted by Gasteiger charge is -2.09. The normalized spacial score (nSPS) is 12.7. The highest BCUT2D eigenvalue weighted by Gasteiger charge is 2.02. The van der Waals surface area contributed by atoms with Crippen molar-refractivity contribution in [3.05, 3.63) is 75.9 Å². The van der Waals surface area contributed by atoms with Gasteiger partial charge < -0.3 is 4.57 Å². The van der Waals surface area contributed by atoms with Gasteiger partial charge in [-0.1, -0.05) is 54.9 Å². The van der Waals surface area contributed by atoms with E-state index in [1.807, 2.05) is 12.1 Å². The van der Waals surface area contributed by atoms with Crippen molar-refractivity contribution in [1.82, 2.24) is 4.57 Å². The molecule has 0 radical (unpaired) electrons. The average Bonchev–Trinajstić information content (AvgIpc) is 2.94. The van der Waals surface area contributed by atoms with Crippen molar-refractivity contribution in [2.45, 2.75) is 40.2 Å². The van der Waals surface area contributed by atoms with E-state index in [1.54, 1.807) is 11.8 Å². The van der Waals surface area contributed by atoms with Crippen LogP contribution in [0.25, 0.3) is 4.91 Å². The lowest BCUT2D eigenvalue weighted by atomic mass is 10.2. The van der Waals surface area contributed by atoms with Crippen LogP contribution < -0.4 is 0 Å². The maximum Gasteiger partial charge on any atom is 0.0437 e. The minimum Gasteiger partial charge on any atom is -0.348 e. The Bertz CT molecular complexity index is 680. The van der Waals surface area contributed by atoms with Gasteiger partial charge in [-0.2, -0.15) is 0 Å². The fourth-order valence-electron chi connectivity index (χ4n) is 2.27. The van der Waals surface area contributed by atoms with Gasteiger partial charge in [-0.3, -0.25) is 0 Å². The molecule has 0 aliphatic carbocycles. The zero-order chi connectivity index (χ0) is 16.7. The average molecular weight is 346 g/mol. The molecule has 0 bridgehead atoms. The Labute approximate surface area is 149 Å². The minimum absolute atomic E-state index is 0.781. The van der Waals surface area contributed by atoms with Crippen LogP contribution in [0.2, 0.25) is 5.02 Å². The maximum absolute atomic E-state index is 6.00. The zero-order valence-electron chi connectivity index (χ0n) is 14.1. The first-order valence-corrected chi connectivity index (χ1v) is 9.26. The van der Waals surface area contributed by atoms with Gasteiger partial charge in [-0.05, 0) is 61.1 Å². The smallest absolute Gasteiger partial charge is 0.0437 e. The molecule has 2 rings (SSSR count). The standard InChI is InChI=1S/C20H24ClNS/c1-4-5-8-20(18-9-11-19(21)12-10-18)23-15-16(2)14-22-13-6-7-17(22)3/h6-13,15H,4-5,14H2,1-3H3/b16-15+,20-8+. The number of nitrogens with zero attached hydrogens (tertiary/aromatic N) is 1. The van der Waals surface area contributed by atoms with Gasteiger partial charge in [0.15, 0.2) is 0 Å². The molecule has 122 valence electrons. The van der Waals surface area contributed by atoms with Crippen molar-refractivity contribution in [2.75, 3.05) is 0 Å². The summed E-state index contributed by atoms with van der Waals surface area (Å²) in [4.78, 5) is 1.30. The van der Waals surface area contributed by atoms with Crippen molar-refractivity contribution in [3.63, 3.8) is 0 Å². The first-order chi connectivity index (χ1) is 11.1. The number of halogens is 1. The number of rotatable bonds is 7. The second kappa shape index (κ2) is 9.05. The molecule has 0 amide bonds. The van der Waals surface area contributed by atoms with Crippen LogP contribution in [0.5, 0.6) is 0 Å². The monoisotopic (exact) mass is 345 g/mol. The summed E-state index contributed by atoms with van der Waals surface area (Å²) in [5.41, 5.74) is 3.88. The van der Waals surface area contributed by atoms with Crippen molar-refractivity contribution < 1.29 is 0 Å². The van der Waals surface area contributed by atoms with E-state index in [2.05, 4.69) is 67.3 Å². The van der Waals surface area contributed by atoms with Crippen LogP contribution in [0.3, 0.4) is 0 Å². The molecular weight excluding hydrogens is 322 g/mol. The van der Waals surface area contributed by atoms with Crippen molar-refractivity contribution in [3.8, 4) is 0 Å². The zero-order valence-corrected chi connectivity index (χ0v) is 15.6. The highest BCUT2D eigenvalue weighted by atomic mass is 35.5. The molecule has 1 nitrogen and oxygen atoms in total. The Kier molecular flexibility index (Phi) is 7.07. The molecule has 0 spiro atoms. The van der Waals surface area contributed by atoms with Crippen LogP contribution in [-0.4, -0.2) is 4.57 Å². The molecule has 0 aliphatic rings. The summed E-state index contributed by atoms with van der Waals surface area (Å²) in [5.74, 6) is 0. The summed E-state index contributed by atoms with van der Waals surface area (Å²) in [7, 11) is 0. The van der Waals surface area contributed by atoms with Gasteiger partial charge in [0.05, 0.1) is 0 Å². The van der Waals surface area contributed by atoms with Gasteiger partial charge in [-0.15, -0.1) is 0 Å². The van der Waals surface area contributed by atoms with Gasteiger partial charge in [-0.25, -0.2) is 0 Å². The van der Waals surface area contributed by atoms with Crippen molar-refractivity contribution in [1.29, 1.82) is 0 Å². The van der Waals surface area contributed by atoms with E-state index in [0.717, 1.165) is 24.4 Å². The van der Waals surface area contributed by atoms with E-state index in [-0.39, 0.29) is 0 Å². The molecule has 0 unspecified atom stereocenters. The first kappa shape index (κ1) is 18.0. The number of thioether (sulfide) groups is 1. The molecular formula is C20H24ClNS. The first-order valence-electron chi connectivity index (χ1n) is 8.00. The summed E-state index contributed by atoms with van der Waals surface area (Å²) in [5, 5.41) is 3.04. The Morgan fingerprint density at radius 2 is 1.96 bits per heavy atom. The second-order valence-corrected chi connectivity index (χ2v) is 7.07. The highest BCUT2D eigenvalue weighted by molar-refractivity contribution is 8.10. The van der Waals surface area contributed by atoms with E-state index in [4.69, 9.17) is 11.6 Å². The molecule has 1 aromatic carbocycles. The molecule has 23 heavy (non-hydrogen) atoms. The van der Waals surface area contributed by atoms with Crippen LogP contribution in [-0.2, 0) is 6.54 Å². The highest BCUT2D eigenvalue weighted by Crippen LogP contribution is 2.31. The van der Waals surface area contributed by atoms with Gasteiger partial charge in [0, 0.05) is 28.4 Å². The molecule has 0 fully saturated rings. The number of benzene rings is 1. The molecule has 1 heterocycles. The van der Waals surface area contributed by atoms with Gasteiger partial charge >= 0.3 is 0 Å². The predicted octanol–water partition coefficient (Wildman–Crippen LogP) is 6.93. The summed E-state index contributed by atoms with van der Waals surface area (Å²) in [6.07, 6.45) is 6.69. The molecule has 3 heteroatoms. The number of hydrogen-bond acceptors (Lipinski definition) is 1. The summed E-state index contributed by atoms with van der Waals surface area (Å²) < 4.78 is 2.27. The van der Waals surface area contributed by atoms with E-state index in [1.165, 1.54) is 21.7 Å². The van der Waals surface area contributed by atoms with E-state index >= 15 is 0 Å². The largest absolute Gasteiger partial charge is 0.348 e. The van der Waals surface area contributed by atoms with E-state index < -0.39 is 0 Å². The van der Waals surface area contributed by atoms with Crippen molar-refractivity contribution >= 4 is 28.3 Å². The predicted molar refractivity (Wildman–Crippen MR) is 105 cm³/mol. The Hall–Kier alpha value is -1.38. The minimum atomic E-state index is 0.781. The second-order valence-electron chi connectivity index (χ2n) is 5.72. The van der Waals surface area contributed by atoms with Crippen LogP contribution in [0.15, 0.2) is 59.7 Å². The van der Waals surface area contributed by atoms with Gasteiger partial charge in [0.2, 0.25) is 0 Å². The molecule has 2 aromatic rings. The van der Waals surface area contributed by atoms with Crippen LogP contribution >= 0.6 is 23.4 Å². The number of unbranched alkanes of at least 4 members (excludes halogenated alkanes) is 1. The lowest BCUT2D eigenvalue weighted by Crippen LogP contribution is -1.98. The summed E-state index contributed by atoms with van der Waals surface area (Å²) in [6, 6.07) is 12.3. The SMILES string of the molecule is CCC/C=C(/S/C=C(\C)Cn1cccc1C)c1ccc(Cl)cc1. The third kappa shape index (κ3) is 5.63. The number of aromatic nitrogens is 1. The maximum atomic E-state index is 6.00. The number of aryl methyl sites for hydroxylation is 1. The van der Waals surface area contributed by atoms with E-state index in [0.29, 0.717) is 0 Å². The molecule has 0 N–H and O–H groups in total. The van der Waals surface area contributed by atoms with Crippen LogP contribution in [0, 0.1) is 6.92 Å². The van der Waals surface area contributed by atoms with Gasteiger partial charge in [0.1, 0.15) is 0 Å². The fraction of sp³-hybridized carbons (Fsp3) is 0.300.